The van der Waals surface area contributed by atoms with Gasteiger partial charge in [0.1, 0.15) is 23.1 Å². The Morgan fingerprint density at radius 2 is 2.09 bits per heavy atom. The van der Waals surface area contributed by atoms with Gasteiger partial charge in [-0.2, -0.15) is 5.10 Å². The highest BCUT2D eigenvalue weighted by Crippen LogP contribution is 2.37. The van der Waals surface area contributed by atoms with Crippen LogP contribution in [0.15, 0.2) is 36.7 Å². The Morgan fingerprint density at radius 1 is 1.25 bits per heavy atom. The maximum atomic E-state index is 14.4. The van der Waals surface area contributed by atoms with Gasteiger partial charge < -0.3 is 20.2 Å². The van der Waals surface area contributed by atoms with Gasteiger partial charge in [-0.1, -0.05) is 0 Å². The maximum Gasteiger partial charge on any atom is 0.322 e. The van der Waals surface area contributed by atoms with Crippen LogP contribution in [0.2, 0.25) is 0 Å². The zero-order chi connectivity index (χ0) is 22.4. The van der Waals surface area contributed by atoms with E-state index in [1.165, 1.54) is 21.7 Å². The number of hydrogen-bond donors (Lipinski definition) is 2. The summed E-state index contributed by atoms with van der Waals surface area (Å²) < 4.78 is 29.7. The number of urea groups is 1. The molecule has 2 aliphatic rings. The van der Waals surface area contributed by atoms with E-state index in [2.05, 4.69) is 15.4 Å². The van der Waals surface area contributed by atoms with Crippen LogP contribution in [0.25, 0.3) is 5.65 Å². The summed E-state index contributed by atoms with van der Waals surface area (Å²) in [5.74, 6) is -0.354. The Hall–Kier alpha value is -2.98. The number of rotatable bonds is 3. The molecule has 0 radical (unpaired) electrons. The normalized spacial score (nSPS) is 23.3. The predicted molar refractivity (Wildman–Crippen MR) is 115 cm³/mol. The Labute approximate surface area is 187 Å². The van der Waals surface area contributed by atoms with Crippen LogP contribution in [0.3, 0.4) is 0 Å². The van der Waals surface area contributed by atoms with Crippen LogP contribution >= 0.6 is 11.6 Å². The summed E-state index contributed by atoms with van der Waals surface area (Å²) >= 11 is 6.00. The number of aromatic nitrogens is 3. The third kappa shape index (κ3) is 3.73. The highest BCUT2D eigenvalue weighted by Gasteiger charge is 2.33. The van der Waals surface area contributed by atoms with E-state index in [-0.39, 0.29) is 19.1 Å². The average Bonchev–Trinajstić information content (AvgIpc) is 3.49. The van der Waals surface area contributed by atoms with Crippen LogP contribution in [0.4, 0.5) is 25.1 Å². The minimum absolute atomic E-state index is 0.145. The number of anilines is 2. The molecule has 2 fully saturated rings. The fraction of sp³-hybridized carbons (Fsp3) is 0.381. The van der Waals surface area contributed by atoms with E-state index in [0.29, 0.717) is 35.7 Å². The summed E-state index contributed by atoms with van der Waals surface area (Å²) in [4.78, 5) is 20.6. The maximum absolute atomic E-state index is 14.4. The van der Waals surface area contributed by atoms with Gasteiger partial charge in [-0.05, 0) is 37.1 Å². The zero-order valence-electron chi connectivity index (χ0n) is 17.0. The Morgan fingerprint density at radius 3 is 2.88 bits per heavy atom. The van der Waals surface area contributed by atoms with E-state index in [4.69, 9.17) is 11.6 Å². The molecule has 4 heterocycles. The van der Waals surface area contributed by atoms with Gasteiger partial charge in [0.2, 0.25) is 0 Å². The second-order valence-corrected chi connectivity index (χ2v) is 8.61. The third-order valence-electron chi connectivity index (χ3n) is 5.97. The molecule has 5 rings (SSSR count). The molecule has 0 saturated carbocycles. The number of carbonyl (C=O) groups excluding carboxylic acids is 1. The molecule has 11 heteroatoms. The molecule has 32 heavy (non-hydrogen) atoms. The minimum Gasteiger partial charge on any atom is -0.390 e. The third-order valence-corrected chi connectivity index (χ3v) is 6.40. The lowest BCUT2D eigenvalue weighted by molar-refractivity contribution is 0.178. The van der Waals surface area contributed by atoms with Crippen LogP contribution in [0.5, 0.6) is 0 Å². The number of alkyl halides is 1. The van der Waals surface area contributed by atoms with Gasteiger partial charge in [-0.3, -0.25) is 0 Å². The molecule has 0 spiro atoms. The monoisotopic (exact) mass is 462 g/mol. The molecule has 0 bridgehead atoms. The molecule has 2 saturated heterocycles. The van der Waals surface area contributed by atoms with Gasteiger partial charge >= 0.3 is 6.03 Å². The average molecular weight is 463 g/mol. The molecule has 2 aromatic heterocycles. The standard InChI is InChI=1S/C21H21ClF2N6O2/c22-14-10-28(11-18(14)31)21(32)26-16-9-25-30-7-5-19(27-20(16)30)29-6-1-2-17(29)13-8-12(23)3-4-15(13)24/h3-5,7-9,14,17-18,31H,1-2,6,10-11H2,(H,26,32)/t14-,17-,18-/m1/s1. The fourth-order valence-corrected chi connectivity index (χ4v) is 4.60. The molecule has 2 amide bonds. The molecule has 8 nitrogen and oxygen atoms in total. The Bertz CT molecular complexity index is 1160. The molecular weight excluding hydrogens is 442 g/mol. The Kier molecular flexibility index (Phi) is 5.34. The SMILES string of the molecule is O=C(Nc1cnn2ccc(N3CCC[C@@H]3c3cc(F)ccc3F)nc12)N1C[C@@H](O)[C@H](Cl)C1. The van der Waals surface area contributed by atoms with E-state index in [1.807, 2.05) is 4.90 Å². The van der Waals surface area contributed by atoms with Gasteiger partial charge in [-0.15, -0.1) is 11.6 Å². The Balaban J connectivity index is 1.42. The number of nitrogens with one attached hydrogen (secondary N) is 1. The topological polar surface area (TPSA) is 86.0 Å². The molecule has 3 atom stereocenters. The van der Waals surface area contributed by atoms with Crippen molar-refractivity contribution in [3.63, 3.8) is 0 Å². The number of aliphatic hydroxyl groups excluding tert-OH is 1. The first-order chi connectivity index (χ1) is 15.4. The van der Waals surface area contributed by atoms with Crippen molar-refractivity contribution < 1.29 is 18.7 Å². The lowest BCUT2D eigenvalue weighted by Gasteiger charge is -2.26. The van der Waals surface area contributed by atoms with Gasteiger partial charge in [0.05, 0.1) is 23.7 Å². The van der Waals surface area contributed by atoms with E-state index >= 15 is 0 Å². The molecule has 2 aliphatic heterocycles. The van der Waals surface area contributed by atoms with E-state index < -0.39 is 29.1 Å². The highest BCUT2D eigenvalue weighted by molar-refractivity contribution is 6.21. The number of amides is 2. The second kappa shape index (κ2) is 8.18. The van der Waals surface area contributed by atoms with Gasteiger partial charge in [0.25, 0.3) is 0 Å². The van der Waals surface area contributed by atoms with Crippen molar-refractivity contribution in [1.82, 2.24) is 19.5 Å². The van der Waals surface area contributed by atoms with Crippen molar-refractivity contribution in [2.24, 2.45) is 0 Å². The number of fused-ring (bicyclic) bond motifs is 1. The number of nitrogens with zero attached hydrogens (tertiary/aromatic N) is 5. The molecule has 0 aliphatic carbocycles. The predicted octanol–water partition coefficient (Wildman–Crippen LogP) is 3.16. The zero-order valence-corrected chi connectivity index (χ0v) is 17.7. The number of halogens is 3. The molecule has 168 valence electrons. The number of hydrogen-bond acceptors (Lipinski definition) is 5. The first-order valence-electron chi connectivity index (χ1n) is 10.3. The first-order valence-corrected chi connectivity index (χ1v) is 10.8. The van der Waals surface area contributed by atoms with E-state index in [0.717, 1.165) is 18.6 Å². The lowest BCUT2D eigenvalue weighted by Crippen LogP contribution is -2.33. The molecule has 3 aromatic rings. The molecule has 0 unspecified atom stereocenters. The van der Waals surface area contributed by atoms with Crippen molar-refractivity contribution in [2.45, 2.75) is 30.4 Å². The number of likely N-dealkylation sites (tertiary alicyclic amines) is 1. The second-order valence-electron chi connectivity index (χ2n) is 8.05. The molecular formula is C21H21ClF2N6O2. The van der Waals surface area contributed by atoms with Crippen molar-refractivity contribution in [3.8, 4) is 0 Å². The van der Waals surface area contributed by atoms with Crippen molar-refractivity contribution >= 4 is 34.8 Å². The quantitative estimate of drug-likeness (QED) is 0.584. The van der Waals surface area contributed by atoms with Gasteiger partial charge in [-0.25, -0.2) is 23.1 Å². The fourth-order valence-electron chi connectivity index (χ4n) is 4.35. The van der Waals surface area contributed by atoms with E-state index in [9.17, 15) is 18.7 Å². The first kappa shape index (κ1) is 20.9. The summed E-state index contributed by atoms with van der Waals surface area (Å²) in [6.07, 6.45) is 3.91. The highest BCUT2D eigenvalue weighted by atomic mass is 35.5. The van der Waals surface area contributed by atoms with Crippen LogP contribution in [0.1, 0.15) is 24.4 Å². The smallest absolute Gasteiger partial charge is 0.322 e. The van der Waals surface area contributed by atoms with Crippen LogP contribution in [0, 0.1) is 11.6 Å². The van der Waals surface area contributed by atoms with Crippen LogP contribution in [-0.4, -0.2) is 61.8 Å². The van der Waals surface area contributed by atoms with Crippen molar-refractivity contribution in [1.29, 1.82) is 0 Å². The largest absolute Gasteiger partial charge is 0.390 e. The van der Waals surface area contributed by atoms with Gasteiger partial charge in [0.15, 0.2) is 5.65 Å². The number of β-amino-alcohol motifs (C(OH)–C–C–N with tert-alkyl or cyclic N) is 1. The molecule has 2 N–H and O–H groups in total. The van der Waals surface area contributed by atoms with Crippen molar-refractivity contribution in [3.05, 3.63) is 53.9 Å². The summed E-state index contributed by atoms with van der Waals surface area (Å²) in [6.45, 7) is 1.02. The van der Waals surface area contributed by atoms with Crippen LogP contribution < -0.4 is 10.2 Å². The lowest BCUT2D eigenvalue weighted by atomic mass is 10.0. The molecule has 1 aromatic carbocycles. The summed E-state index contributed by atoms with van der Waals surface area (Å²) in [5, 5.41) is 16.3. The number of aliphatic hydroxyl groups is 1. The number of benzene rings is 1. The van der Waals surface area contributed by atoms with Gasteiger partial charge in [0, 0.05) is 31.4 Å². The van der Waals surface area contributed by atoms with E-state index in [1.54, 1.807) is 12.3 Å². The summed E-state index contributed by atoms with van der Waals surface area (Å²) in [6, 6.07) is 4.49. The van der Waals surface area contributed by atoms with Crippen LogP contribution in [-0.2, 0) is 0 Å². The van der Waals surface area contributed by atoms with Crippen molar-refractivity contribution in [2.75, 3.05) is 29.9 Å². The number of carbonyl (C=O) groups is 1. The summed E-state index contributed by atoms with van der Waals surface area (Å²) in [7, 11) is 0. The minimum atomic E-state index is -0.772. The summed E-state index contributed by atoms with van der Waals surface area (Å²) in [5.41, 5.74) is 1.12.